The Balaban J connectivity index is 1.81. The Hall–Kier alpha value is -2.07. The third-order valence-corrected chi connectivity index (χ3v) is 4.07. The fraction of sp³-hybridized carbons (Fsp3) is 0.353. The zero-order valence-corrected chi connectivity index (χ0v) is 12.2. The lowest BCUT2D eigenvalue weighted by Gasteiger charge is -2.24. The molecular formula is C17H20N2O2. The summed E-state index contributed by atoms with van der Waals surface area (Å²) in [5, 5.41) is 10.2. The van der Waals surface area contributed by atoms with Crippen molar-refractivity contribution in [1.29, 1.82) is 0 Å². The Morgan fingerprint density at radius 3 is 2.95 bits per heavy atom. The van der Waals surface area contributed by atoms with Crippen molar-refractivity contribution in [1.82, 2.24) is 9.88 Å². The van der Waals surface area contributed by atoms with Crippen molar-refractivity contribution in [3.05, 3.63) is 53.9 Å². The highest BCUT2D eigenvalue weighted by Crippen LogP contribution is 2.35. The van der Waals surface area contributed by atoms with E-state index in [4.69, 9.17) is 4.74 Å². The summed E-state index contributed by atoms with van der Waals surface area (Å²) in [6.45, 7) is 1.74. The molecule has 0 bridgehead atoms. The average Bonchev–Trinajstić information content (AvgIpc) is 2.98. The quantitative estimate of drug-likeness (QED) is 0.937. The maximum Gasteiger partial charge on any atom is 0.162 e. The molecule has 1 aliphatic rings. The molecule has 1 saturated heterocycles. The molecule has 1 aromatic heterocycles. The predicted molar refractivity (Wildman–Crippen MR) is 81.3 cm³/mol. The van der Waals surface area contributed by atoms with E-state index in [9.17, 15) is 5.11 Å². The van der Waals surface area contributed by atoms with Crippen LogP contribution in [0.25, 0.3) is 0 Å². The van der Waals surface area contributed by atoms with Gasteiger partial charge in [0.15, 0.2) is 11.5 Å². The number of aromatic hydroxyl groups is 1. The first-order chi connectivity index (χ1) is 10.3. The van der Waals surface area contributed by atoms with Gasteiger partial charge in [0.25, 0.3) is 0 Å². The smallest absolute Gasteiger partial charge is 0.162 e. The molecule has 0 aliphatic carbocycles. The molecule has 110 valence electrons. The van der Waals surface area contributed by atoms with Crippen molar-refractivity contribution >= 4 is 0 Å². The van der Waals surface area contributed by atoms with E-state index in [-0.39, 0.29) is 5.75 Å². The molecule has 1 aromatic carbocycles. The lowest BCUT2D eigenvalue weighted by Crippen LogP contribution is -2.23. The lowest BCUT2D eigenvalue weighted by atomic mass is 10.1. The van der Waals surface area contributed by atoms with Crippen molar-refractivity contribution in [3.63, 3.8) is 0 Å². The molecule has 1 aliphatic heterocycles. The monoisotopic (exact) mass is 284 g/mol. The molecular weight excluding hydrogens is 264 g/mol. The highest BCUT2D eigenvalue weighted by Gasteiger charge is 2.27. The normalized spacial score (nSPS) is 18.8. The van der Waals surface area contributed by atoms with Crippen LogP contribution >= 0.6 is 0 Å². The number of phenolic OH excluding ortho intramolecular Hbond substituents is 1. The van der Waals surface area contributed by atoms with Gasteiger partial charge in [0, 0.05) is 18.3 Å². The van der Waals surface area contributed by atoms with Gasteiger partial charge in [-0.3, -0.25) is 9.88 Å². The first-order valence-electron chi connectivity index (χ1n) is 7.29. The largest absolute Gasteiger partial charge is 0.504 e. The van der Waals surface area contributed by atoms with Gasteiger partial charge in [-0.25, -0.2) is 0 Å². The second kappa shape index (κ2) is 6.14. The molecule has 3 rings (SSSR count). The van der Waals surface area contributed by atoms with Crippen LogP contribution in [0.3, 0.4) is 0 Å². The van der Waals surface area contributed by atoms with Crippen molar-refractivity contribution in [2.75, 3.05) is 13.7 Å². The van der Waals surface area contributed by atoms with E-state index in [1.807, 2.05) is 30.5 Å². The topological polar surface area (TPSA) is 45.6 Å². The van der Waals surface area contributed by atoms with Crippen LogP contribution in [0.5, 0.6) is 11.5 Å². The molecule has 21 heavy (non-hydrogen) atoms. The van der Waals surface area contributed by atoms with Crippen LogP contribution in [-0.4, -0.2) is 28.6 Å². The van der Waals surface area contributed by atoms with Gasteiger partial charge < -0.3 is 9.84 Å². The number of pyridine rings is 1. The number of hydrogen-bond acceptors (Lipinski definition) is 4. The minimum absolute atomic E-state index is 0.242. The molecule has 4 heteroatoms. The van der Waals surface area contributed by atoms with Crippen LogP contribution in [0.2, 0.25) is 0 Å². The SMILES string of the molecule is COc1cccc(CN2CCC[C@@H]2c2ccccn2)c1O. The van der Waals surface area contributed by atoms with E-state index in [1.54, 1.807) is 13.2 Å². The van der Waals surface area contributed by atoms with Crippen molar-refractivity contribution < 1.29 is 9.84 Å². The van der Waals surface area contributed by atoms with Crippen LogP contribution in [0, 0.1) is 0 Å². The summed E-state index contributed by atoms with van der Waals surface area (Å²) in [5.41, 5.74) is 2.01. The highest BCUT2D eigenvalue weighted by atomic mass is 16.5. The van der Waals surface area contributed by atoms with Gasteiger partial charge in [0.2, 0.25) is 0 Å². The molecule has 1 atom stereocenters. The fourth-order valence-electron chi connectivity index (χ4n) is 3.00. The number of para-hydroxylation sites is 1. The molecule has 2 heterocycles. The average molecular weight is 284 g/mol. The molecule has 0 amide bonds. The summed E-state index contributed by atoms with van der Waals surface area (Å²) in [5.74, 6) is 0.771. The predicted octanol–water partition coefficient (Wildman–Crippen LogP) is 3.13. The Labute approximate surface area is 125 Å². The van der Waals surface area contributed by atoms with Gasteiger partial charge in [-0.1, -0.05) is 18.2 Å². The molecule has 2 aromatic rings. The number of hydrogen-bond donors (Lipinski definition) is 1. The Morgan fingerprint density at radius 2 is 2.19 bits per heavy atom. The Morgan fingerprint density at radius 1 is 1.29 bits per heavy atom. The number of ether oxygens (including phenoxy) is 1. The van der Waals surface area contributed by atoms with Crippen molar-refractivity contribution in [3.8, 4) is 11.5 Å². The summed E-state index contributed by atoms with van der Waals surface area (Å²) in [7, 11) is 1.57. The maximum atomic E-state index is 10.2. The molecule has 1 N–H and O–H groups in total. The van der Waals surface area contributed by atoms with Crippen LogP contribution in [-0.2, 0) is 6.54 Å². The third kappa shape index (κ3) is 2.85. The molecule has 4 nitrogen and oxygen atoms in total. The number of methoxy groups -OCH3 is 1. The zero-order chi connectivity index (χ0) is 14.7. The first-order valence-corrected chi connectivity index (χ1v) is 7.29. The van der Waals surface area contributed by atoms with E-state index in [0.717, 1.165) is 30.6 Å². The molecule has 0 radical (unpaired) electrons. The first kappa shape index (κ1) is 13.9. The van der Waals surface area contributed by atoms with Gasteiger partial charge in [-0.2, -0.15) is 0 Å². The van der Waals surface area contributed by atoms with Crippen molar-refractivity contribution in [2.24, 2.45) is 0 Å². The third-order valence-electron chi connectivity index (χ3n) is 4.07. The number of phenols is 1. The summed E-state index contributed by atoms with van der Waals surface area (Å²) in [6.07, 6.45) is 4.11. The number of nitrogens with zero attached hydrogens (tertiary/aromatic N) is 2. The minimum atomic E-state index is 0.242. The maximum absolute atomic E-state index is 10.2. The zero-order valence-electron chi connectivity index (χ0n) is 12.2. The standard InChI is InChI=1S/C17H20N2O2/c1-21-16-9-4-6-13(17(16)20)12-19-11-5-8-15(19)14-7-2-3-10-18-14/h2-4,6-7,9-10,15,20H,5,8,11-12H2,1H3/t15-/m1/s1. The number of aromatic nitrogens is 1. The van der Waals surface area contributed by atoms with Gasteiger partial charge >= 0.3 is 0 Å². The van der Waals surface area contributed by atoms with Crippen LogP contribution < -0.4 is 4.74 Å². The summed E-state index contributed by atoms with van der Waals surface area (Å²) >= 11 is 0. The molecule has 0 saturated carbocycles. The molecule has 0 spiro atoms. The van der Waals surface area contributed by atoms with Crippen LogP contribution in [0.15, 0.2) is 42.6 Å². The lowest BCUT2D eigenvalue weighted by molar-refractivity contribution is 0.240. The van der Waals surface area contributed by atoms with E-state index < -0.39 is 0 Å². The number of rotatable bonds is 4. The van der Waals surface area contributed by atoms with E-state index in [2.05, 4.69) is 16.0 Å². The van der Waals surface area contributed by atoms with Gasteiger partial charge in [0.05, 0.1) is 18.8 Å². The highest BCUT2D eigenvalue weighted by molar-refractivity contribution is 5.45. The summed E-state index contributed by atoms with van der Waals surface area (Å²) in [4.78, 5) is 6.85. The van der Waals surface area contributed by atoms with Crippen LogP contribution in [0.1, 0.15) is 30.1 Å². The second-order valence-corrected chi connectivity index (χ2v) is 5.35. The number of benzene rings is 1. The summed E-state index contributed by atoms with van der Waals surface area (Å²) < 4.78 is 5.18. The second-order valence-electron chi connectivity index (χ2n) is 5.35. The van der Waals surface area contributed by atoms with E-state index in [1.165, 1.54) is 0 Å². The van der Waals surface area contributed by atoms with Crippen LogP contribution in [0.4, 0.5) is 0 Å². The summed E-state index contributed by atoms with van der Waals surface area (Å²) in [6, 6.07) is 12.0. The van der Waals surface area contributed by atoms with E-state index in [0.29, 0.717) is 18.3 Å². The molecule has 0 unspecified atom stereocenters. The number of likely N-dealkylation sites (tertiary alicyclic amines) is 1. The van der Waals surface area contributed by atoms with Gasteiger partial charge in [0.1, 0.15) is 0 Å². The van der Waals surface area contributed by atoms with E-state index >= 15 is 0 Å². The fourth-order valence-corrected chi connectivity index (χ4v) is 3.00. The minimum Gasteiger partial charge on any atom is -0.504 e. The van der Waals surface area contributed by atoms with Gasteiger partial charge in [-0.15, -0.1) is 0 Å². The molecule has 1 fully saturated rings. The van der Waals surface area contributed by atoms with Gasteiger partial charge in [-0.05, 0) is 37.6 Å². The Kier molecular flexibility index (Phi) is 4.06. The van der Waals surface area contributed by atoms with Crippen molar-refractivity contribution in [2.45, 2.75) is 25.4 Å². The Bertz CT molecular complexity index is 601.